The van der Waals surface area contributed by atoms with E-state index in [4.69, 9.17) is 4.42 Å². The summed E-state index contributed by atoms with van der Waals surface area (Å²) < 4.78 is 7.46. The Morgan fingerprint density at radius 3 is 2.72 bits per heavy atom. The van der Waals surface area contributed by atoms with Gasteiger partial charge in [0.15, 0.2) is 5.58 Å². The number of nitrogens with zero attached hydrogens (tertiary/aromatic N) is 3. The molecular formula is C21H21N5O3. The highest BCUT2D eigenvalue weighted by Gasteiger charge is 2.13. The van der Waals surface area contributed by atoms with Crippen molar-refractivity contribution in [2.75, 3.05) is 31.4 Å². The predicted octanol–water partition coefficient (Wildman–Crippen LogP) is 2.85. The molecule has 2 N–H and O–H groups in total. The Morgan fingerprint density at radius 2 is 1.97 bits per heavy atom. The maximum atomic E-state index is 12.7. The molecule has 0 aliphatic rings. The van der Waals surface area contributed by atoms with Crippen molar-refractivity contribution < 1.29 is 14.0 Å². The number of hydrogen-bond acceptors (Lipinski definition) is 5. The van der Waals surface area contributed by atoms with Crippen LogP contribution in [0, 0.1) is 0 Å². The molecule has 0 atom stereocenters. The molecule has 0 spiro atoms. The van der Waals surface area contributed by atoms with E-state index in [-0.39, 0.29) is 18.4 Å². The van der Waals surface area contributed by atoms with Crippen LogP contribution in [-0.2, 0) is 11.3 Å². The summed E-state index contributed by atoms with van der Waals surface area (Å²) in [5.41, 5.74) is 3.24. The van der Waals surface area contributed by atoms with Crippen molar-refractivity contribution in [2.24, 2.45) is 0 Å². The Hall–Kier alpha value is -3.81. The van der Waals surface area contributed by atoms with E-state index in [9.17, 15) is 9.59 Å². The number of rotatable bonds is 5. The van der Waals surface area contributed by atoms with Crippen molar-refractivity contribution in [3.8, 4) is 0 Å². The summed E-state index contributed by atoms with van der Waals surface area (Å²) >= 11 is 0. The summed E-state index contributed by atoms with van der Waals surface area (Å²) in [6.07, 6.45) is 1.85. The molecule has 8 nitrogen and oxygen atoms in total. The Bertz CT molecular complexity index is 1220. The molecule has 2 aromatic heterocycles. The molecule has 0 aliphatic carbocycles. The average molecular weight is 391 g/mol. The van der Waals surface area contributed by atoms with Crippen LogP contribution in [0.3, 0.4) is 0 Å². The van der Waals surface area contributed by atoms with Crippen molar-refractivity contribution in [3.63, 3.8) is 0 Å². The molecule has 0 aliphatic heterocycles. The molecule has 0 bridgehead atoms. The SMILES string of the molecule is CNC(=O)Cn1ccc2ccc(NC(=O)c3ccc4oc(N(C)C)nc4c3)cc21. The van der Waals surface area contributed by atoms with Gasteiger partial charge in [-0.2, -0.15) is 4.98 Å². The molecule has 2 heterocycles. The van der Waals surface area contributed by atoms with Crippen LogP contribution >= 0.6 is 0 Å². The lowest BCUT2D eigenvalue weighted by molar-refractivity contribution is -0.121. The van der Waals surface area contributed by atoms with E-state index in [0.29, 0.717) is 28.4 Å². The minimum absolute atomic E-state index is 0.0880. The van der Waals surface area contributed by atoms with Crippen molar-refractivity contribution in [1.29, 1.82) is 0 Å². The van der Waals surface area contributed by atoms with Crippen LogP contribution in [0.1, 0.15) is 10.4 Å². The van der Waals surface area contributed by atoms with Gasteiger partial charge in [0, 0.05) is 38.6 Å². The van der Waals surface area contributed by atoms with Gasteiger partial charge in [-0.05, 0) is 41.8 Å². The number of fused-ring (bicyclic) bond motifs is 2. The second kappa shape index (κ2) is 7.31. The Kier molecular flexibility index (Phi) is 4.67. The Balaban J connectivity index is 1.59. The lowest BCUT2D eigenvalue weighted by Crippen LogP contribution is -2.23. The number of benzene rings is 2. The smallest absolute Gasteiger partial charge is 0.297 e. The first-order valence-corrected chi connectivity index (χ1v) is 9.13. The van der Waals surface area contributed by atoms with Gasteiger partial charge in [0.25, 0.3) is 11.9 Å². The van der Waals surface area contributed by atoms with E-state index in [1.54, 1.807) is 30.1 Å². The van der Waals surface area contributed by atoms with E-state index >= 15 is 0 Å². The summed E-state index contributed by atoms with van der Waals surface area (Å²) in [5.74, 6) is -0.333. The van der Waals surface area contributed by atoms with Gasteiger partial charge >= 0.3 is 0 Å². The zero-order chi connectivity index (χ0) is 20.5. The summed E-state index contributed by atoms with van der Waals surface area (Å²) in [7, 11) is 5.29. The zero-order valence-corrected chi connectivity index (χ0v) is 16.4. The van der Waals surface area contributed by atoms with Gasteiger partial charge in [-0.1, -0.05) is 6.07 Å². The fraction of sp³-hybridized carbons (Fsp3) is 0.190. The summed E-state index contributed by atoms with van der Waals surface area (Å²) in [6, 6.07) is 13.2. The summed E-state index contributed by atoms with van der Waals surface area (Å²) in [4.78, 5) is 30.6. The molecule has 2 amide bonds. The first kappa shape index (κ1) is 18.5. The summed E-state index contributed by atoms with van der Waals surface area (Å²) in [6.45, 7) is 0.217. The maximum Gasteiger partial charge on any atom is 0.297 e. The quantitative estimate of drug-likeness (QED) is 0.546. The van der Waals surface area contributed by atoms with Gasteiger partial charge in [0.1, 0.15) is 12.1 Å². The van der Waals surface area contributed by atoms with Gasteiger partial charge in [0.2, 0.25) is 5.91 Å². The average Bonchev–Trinajstić information content (AvgIpc) is 3.31. The third-order valence-corrected chi connectivity index (χ3v) is 4.65. The Labute approximate surface area is 167 Å². The van der Waals surface area contributed by atoms with E-state index in [1.807, 2.05) is 49.1 Å². The number of aromatic nitrogens is 2. The number of nitrogens with one attached hydrogen (secondary N) is 2. The lowest BCUT2D eigenvalue weighted by atomic mass is 10.2. The fourth-order valence-corrected chi connectivity index (χ4v) is 3.08. The van der Waals surface area contributed by atoms with Crippen LogP contribution in [0.2, 0.25) is 0 Å². The molecular weight excluding hydrogens is 370 g/mol. The lowest BCUT2D eigenvalue weighted by Gasteiger charge is -2.08. The molecule has 4 rings (SSSR count). The second-order valence-electron chi connectivity index (χ2n) is 6.92. The molecule has 8 heteroatoms. The first-order valence-electron chi connectivity index (χ1n) is 9.13. The number of amides is 2. The largest absolute Gasteiger partial charge is 0.423 e. The molecule has 0 saturated heterocycles. The second-order valence-corrected chi connectivity index (χ2v) is 6.92. The monoisotopic (exact) mass is 391 g/mol. The molecule has 2 aromatic carbocycles. The van der Waals surface area contributed by atoms with Gasteiger partial charge in [-0.3, -0.25) is 9.59 Å². The van der Waals surface area contributed by atoms with Crippen molar-refractivity contribution >= 4 is 45.5 Å². The van der Waals surface area contributed by atoms with Gasteiger partial charge in [0.05, 0.1) is 5.52 Å². The van der Waals surface area contributed by atoms with Crippen molar-refractivity contribution in [2.45, 2.75) is 6.54 Å². The maximum absolute atomic E-state index is 12.7. The normalized spacial score (nSPS) is 11.0. The van der Waals surface area contributed by atoms with Gasteiger partial charge in [-0.25, -0.2) is 0 Å². The molecule has 0 fully saturated rings. The standard InChI is InChI=1S/C21H21N5O3/c1-22-19(27)12-26-9-8-13-4-6-15(11-17(13)26)23-20(28)14-5-7-18-16(10-14)24-21(29-18)25(2)3/h4-11H,12H2,1-3H3,(H,22,27)(H,23,28). The fourth-order valence-electron chi connectivity index (χ4n) is 3.08. The number of carbonyl (C=O) groups is 2. The van der Waals surface area contributed by atoms with Crippen molar-refractivity contribution in [3.05, 3.63) is 54.2 Å². The van der Waals surface area contributed by atoms with Crippen LogP contribution in [0.4, 0.5) is 11.7 Å². The minimum atomic E-state index is -0.245. The minimum Gasteiger partial charge on any atom is -0.423 e. The number of hydrogen-bond donors (Lipinski definition) is 2. The molecule has 148 valence electrons. The van der Waals surface area contributed by atoms with Crippen LogP contribution < -0.4 is 15.5 Å². The predicted molar refractivity (Wildman–Crippen MR) is 112 cm³/mol. The highest BCUT2D eigenvalue weighted by molar-refractivity contribution is 6.06. The first-order chi connectivity index (χ1) is 13.9. The van der Waals surface area contributed by atoms with Crippen LogP contribution in [-0.4, -0.2) is 42.5 Å². The van der Waals surface area contributed by atoms with E-state index in [2.05, 4.69) is 15.6 Å². The third kappa shape index (κ3) is 3.64. The summed E-state index contributed by atoms with van der Waals surface area (Å²) in [5, 5.41) is 6.51. The molecule has 0 radical (unpaired) electrons. The van der Waals surface area contributed by atoms with Gasteiger partial charge < -0.3 is 24.5 Å². The number of anilines is 2. The van der Waals surface area contributed by atoms with E-state index in [0.717, 1.165) is 10.9 Å². The zero-order valence-electron chi connectivity index (χ0n) is 16.4. The molecule has 0 saturated carbocycles. The third-order valence-electron chi connectivity index (χ3n) is 4.65. The van der Waals surface area contributed by atoms with E-state index in [1.165, 1.54) is 0 Å². The van der Waals surface area contributed by atoms with Crippen LogP contribution in [0.25, 0.3) is 22.0 Å². The molecule has 4 aromatic rings. The molecule has 29 heavy (non-hydrogen) atoms. The van der Waals surface area contributed by atoms with Crippen LogP contribution in [0.5, 0.6) is 0 Å². The van der Waals surface area contributed by atoms with E-state index < -0.39 is 0 Å². The van der Waals surface area contributed by atoms with Crippen molar-refractivity contribution in [1.82, 2.24) is 14.9 Å². The highest BCUT2D eigenvalue weighted by Crippen LogP contribution is 2.24. The number of oxazole rings is 1. The number of likely N-dealkylation sites (N-methyl/N-ethyl adjacent to an activating group) is 1. The topological polar surface area (TPSA) is 92.4 Å². The number of carbonyl (C=O) groups excluding carboxylic acids is 2. The molecule has 0 unspecified atom stereocenters. The Morgan fingerprint density at radius 1 is 1.14 bits per heavy atom. The van der Waals surface area contributed by atoms with Crippen LogP contribution in [0.15, 0.2) is 53.1 Å². The highest BCUT2D eigenvalue weighted by atomic mass is 16.4. The van der Waals surface area contributed by atoms with Gasteiger partial charge in [-0.15, -0.1) is 0 Å².